The SMILES string of the molecule is Cc1cccc(-c2nc3cc(NC(=O)c4ccccc4)ccc3o2)c1. The molecule has 0 aliphatic heterocycles. The van der Waals surface area contributed by atoms with Crippen molar-refractivity contribution in [3.8, 4) is 11.5 Å². The van der Waals surface area contributed by atoms with Gasteiger partial charge < -0.3 is 9.73 Å². The average Bonchev–Trinajstić information content (AvgIpc) is 3.06. The van der Waals surface area contributed by atoms with E-state index in [1.165, 1.54) is 0 Å². The lowest BCUT2D eigenvalue weighted by atomic mass is 10.1. The number of carbonyl (C=O) groups excluding carboxylic acids is 1. The second-order valence-corrected chi connectivity index (χ2v) is 5.89. The summed E-state index contributed by atoms with van der Waals surface area (Å²) >= 11 is 0. The van der Waals surface area contributed by atoms with Crippen molar-refractivity contribution in [1.29, 1.82) is 0 Å². The van der Waals surface area contributed by atoms with Gasteiger partial charge in [0.2, 0.25) is 5.89 Å². The highest BCUT2D eigenvalue weighted by molar-refractivity contribution is 6.04. The van der Waals surface area contributed by atoms with E-state index in [0.29, 0.717) is 28.2 Å². The Balaban J connectivity index is 1.63. The molecule has 0 atom stereocenters. The number of aryl methyl sites for hydroxylation is 1. The third kappa shape index (κ3) is 3.15. The van der Waals surface area contributed by atoms with Crippen molar-refractivity contribution in [3.05, 3.63) is 83.9 Å². The van der Waals surface area contributed by atoms with Gasteiger partial charge in [-0.25, -0.2) is 4.98 Å². The summed E-state index contributed by atoms with van der Waals surface area (Å²) in [5.41, 5.74) is 4.78. The summed E-state index contributed by atoms with van der Waals surface area (Å²) in [7, 11) is 0. The molecule has 4 heteroatoms. The number of nitrogens with one attached hydrogen (secondary N) is 1. The van der Waals surface area contributed by atoms with Crippen molar-refractivity contribution in [3.63, 3.8) is 0 Å². The van der Waals surface area contributed by atoms with Gasteiger partial charge >= 0.3 is 0 Å². The van der Waals surface area contributed by atoms with Crippen LogP contribution in [-0.2, 0) is 0 Å². The van der Waals surface area contributed by atoms with E-state index in [4.69, 9.17) is 4.42 Å². The average molecular weight is 328 g/mol. The molecule has 1 aromatic heterocycles. The molecule has 0 saturated heterocycles. The summed E-state index contributed by atoms with van der Waals surface area (Å²) in [4.78, 5) is 16.8. The van der Waals surface area contributed by atoms with E-state index >= 15 is 0 Å². The van der Waals surface area contributed by atoms with Crippen LogP contribution in [0.25, 0.3) is 22.6 Å². The van der Waals surface area contributed by atoms with Crippen LogP contribution in [0.1, 0.15) is 15.9 Å². The van der Waals surface area contributed by atoms with Crippen molar-refractivity contribution in [2.75, 3.05) is 5.32 Å². The highest BCUT2D eigenvalue weighted by Crippen LogP contribution is 2.26. The van der Waals surface area contributed by atoms with Crippen LogP contribution in [0, 0.1) is 6.92 Å². The number of nitrogens with zero attached hydrogens (tertiary/aromatic N) is 1. The zero-order chi connectivity index (χ0) is 17.2. The number of oxazole rings is 1. The molecular formula is C21H16N2O2. The van der Waals surface area contributed by atoms with Crippen molar-refractivity contribution in [1.82, 2.24) is 4.98 Å². The number of rotatable bonds is 3. The van der Waals surface area contributed by atoms with E-state index in [1.807, 2.05) is 67.6 Å². The first-order valence-electron chi connectivity index (χ1n) is 8.03. The first-order valence-corrected chi connectivity index (χ1v) is 8.03. The molecule has 0 radical (unpaired) electrons. The smallest absolute Gasteiger partial charge is 0.255 e. The molecule has 0 unspecified atom stereocenters. The van der Waals surface area contributed by atoms with Crippen LogP contribution in [0.15, 0.2) is 77.2 Å². The third-order valence-electron chi connectivity index (χ3n) is 3.95. The van der Waals surface area contributed by atoms with E-state index in [0.717, 1.165) is 11.1 Å². The van der Waals surface area contributed by atoms with Crippen LogP contribution >= 0.6 is 0 Å². The lowest BCUT2D eigenvalue weighted by molar-refractivity contribution is 0.102. The molecule has 4 aromatic rings. The van der Waals surface area contributed by atoms with Gasteiger partial charge in [-0.3, -0.25) is 4.79 Å². The lowest BCUT2D eigenvalue weighted by Gasteiger charge is -2.04. The lowest BCUT2D eigenvalue weighted by Crippen LogP contribution is -2.11. The van der Waals surface area contributed by atoms with Crippen LogP contribution < -0.4 is 5.32 Å². The largest absolute Gasteiger partial charge is 0.436 e. The van der Waals surface area contributed by atoms with Crippen LogP contribution in [0.3, 0.4) is 0 Å². The van der Waals surface area contributed by atoms with Gasteiger partial charge in [-0.15, -0.1) is 0 Å². The number of hydrogen-bond donors (Lipinski definition) is 1. The number of fused-ring (bicyclic) bond motifs is 1. The molecule has 0 aliphatic rings. The maximum absolute atomic E-state index is 12.3. The summed E-state index contributed by atoms with van der Waals surface area (Å²) in [6, 6.07) is 22.6. The Labute approximate surface area is 145 Å². The molecule has 1 heterocycles. The molecule has 3 aromatic carbocycles. The van der Waals surface area contributed by atoms with Gasteiger partial charge in [0.1, 0.15) is 5.52 Å². The normalized spacial score (nSPS) is 10.8. The second kappa shape index (κ2) is 6.24. The molecule has 25 heavy (non-hydrogen) atoms. The zero-order valence-electron chi connectivity index (χ0n) is 13.7. The van der Waals surface area contributed by atoms with Gasteiger partial charge in [-0.05, 0) is 49.4 Å². The van der Waals surface area contributed by atoms with Crippen molar-refractivity contribution >= 4 is 22.7 Å². The minimum atomic E-state index is -0.151. The predicted octanol–water partition coefficient (Wildman–Crippen LogP) is 5.06. The number of carbonyl (C=O) groups is 1. The predicted molar refractivity (Wildman–Crippen MR) is 98.6 cm³/mol. The Bertz CT molecular complexity index is 1050. The molecule has 0 saturated carbocycles. The molecule has 1 N–H and O–H groups in total. The molecule has 0 spiro atoms. The summed E-state index contributed by atoms with van der Waals surface area (Å²) in [6.07, 6.45) is 0. The summed E-state index contributed by atoms with van der Waals surface area (Å²) in [5, 5.41) is 2.89. The van der Waals surface area contributed by atoms with E-state index < -0.39 is 0 Å². The van der Waals surface area contributed by atoms with Gasteiger partial charge in [-0.1, -0.05) is 35.9 Å². The molecule has 0 aliphatic carbocycles. The third-order valence-corrected chi connectivity index (χ3v) is 3.95. The summed E-state index contributed by atoms with van der Waals surface area (Å²) in [6.45, 7) is 2.03. The topological polar surface area (TPSA) is 55.1 Å². The quantitative estimate of drug-likeness (QED) is 0.572. The number of benzene rings is 3. The summed E-state index contributed by atoms with van der Waals surface area (Å²) < 4.78 is 5.83. The fraction of sp³-hybridized carbons (Fsp3) is 0.0476. The van der Waals surface area contributed by atoms with Crippen LogP contribution in [0.4, 0.5) is 5.69 Å². The number of amides is 1. The standard InChI is InChI=1S/C21H16N2O2/c1-14-6-5-9-16(12-14)21-23-18-13-17(10-11-19(18)25-21)22-20(24)15-7-3-2-4-8-15/h2-13H,1H3,(H,22,24). The van der Waals surface area contributed by atoms with E-state index in [1.54, 1.807) is 12.1 Å². The number of anilines is 1. The molecule has 0 fully saturated rings. The Hall–Kier alpha value is -3.40. The first-order chi connectivity index (χ1) is 12.2. The minimum absolute atomic E-state index is 0.151. The zero-order valence-corrected chi connectivity index (χ0v) is 13.7. The van der Waals surface area contributed by atoms with Crippen LogP contribution in [-0.4, -0.2) is 10.9 Å². The van der Waals surface area contributed by atoms with Crippen molar-refractivity contribution in [2.45, 2.75) is 6.92 Å². The maximum atomic E-state index is 12.3. The highest BCUT2D eigenvalue weighted by Gasteiger charge is 2.10. The van der Waals surface area contributed by atoms with Gasteiger partial charge in [0.05, 0.1) is 0 Å². The molecule has 4 rings (SSSR count). The van der Waals surface area contributed by atoms with Gasteiger partial charge in [0.25, 0.3) is 5.91 Å². The molecular weight excluding hydrogens is 312 g/mol. The molecule has 122 valence electrons. The van der Waals surface area contributed by atoms with Gasteiger partial charge in [0.15, 0.2) is 5.58 Å². The summed E-state index contributed by atoms with van der Waals surface area (Å²) in [5.74, 6) is 0.424. The maximum Gasteiger partial charge on any atom is 0.255 e. The first kappa shape index (κ1) is 15.1. The Morgan fingerprint density at radius 1 is 0.960 bits per heavy atom. The Morgan fingerprint density at radius 3 is 2.60 bits per heavy atom. The Morgan fingerprint density at radius 2 is 1.80 bits per heavy atom. The van der Waals surface area contributed by atoms with Crippen LogP contribution in [0.2, 0.25) is 0 Å². The van der Waals surface area contributed by atoms with Crippen LogP contribution in [0.5, 0.6) is 0 Å². The van der Waals surface area contributed by atoms with Gasteiger partial charge in [0, 0.05) is 16.8 Å². The minimum Gasteiger partial charge on any atom is -0.436 e. The van der Waals surface area contributed by atoms with E-state index in [2.05, 4.69) is 10.3 Å². The fourth-order valence-electron chi connectivity index (χ4n) is 2.70. The highest BCUT2D eigenvalue weighted by atomic mass is 16.3. The molecule has 1 amide bonds. The monoisotopic (exact) mass is 328 g/mol. The number of hydrogen-bond acceptors (Lipinski definition) is 3. The second-order valence-electron chi connectivity index (χ2n) is 5.89. The molecule has 0 bridgehead atoms. The van der Waals surface area contributed by atoms with Crippen molar-refractivity contribution in [2.24, 2.45) is 0 Å². The molecule has 4 nitrogen and oxygen atoms in total. The van der Waals surface area contributed by atoms with E-state index in [9.17, 15) is 4.79 Å². The van der Waals surface area contributed by atoms with E-state index in [-0.39, 0.29) is 5.91 Å². The number of aromatic nitrogens is 1. The fourth-order valence-corrected chi connectivity index (χ4v) is 2.70. The van der Waals surface area contributed by atoms with Gasteiger partial charge in [-0.2, -0.15) is 0 Å². The van der Waals surface area contributed by atoms with Crippen molar-refractivity contribution < 1.29 is 9.21 Å². The Kier molecular flexibility index (Phi) is 3.78.